The lowest BCUT2D eigenvalue weighted by Crippen LogP contribution is -2.40. The summed E-state index contributed by atoms with van der Waals surface area (Å²) >= 11 is -1.50. The first-order chi connectivity index (χ1) is 15.4. The number of halogens is 3. The molecular weight excluding hydrogens is 447 g/mol. The third kappa shape index (κ3) is 6.88. The molecule has 1 saturated heterocycles. The number of nitrogens with zero attached hydrogens (tertiary/aromatic N) is 2. The zero-order valence-electron chi connectivity index (χ0n) is 17.4. The minimum Gasteiger partial charge on any atom is -0.451 e. The van der Waals surface area contributed by atoms with E-state index in [0.29, 0.717) is 17.4 Å². The number of rotatable bonds is 6. The van der Waals surface area contributed by atoms with Crippen LogP contribution in [0.15, 0.2) is 46.2 Å². The van der Waals surface area contributed by atoms with E-state index in [1.807, 2.05) is 12.1 Å². The first-order valence-electron chi connectivity index (χ1n) is 10.5. The molecule has 1 unspecified atom stereocenters. The minimum atomic E-state index is -4.25. The molecule has 1 aliphatic heterocycles. The van der Waals surface area contributed by atoms with Crippen LogP contribution in [-0.4, -0.2) is 45.3 Å². The predicted molar refractivity (Wildman–Crippen MR) is 111 cm³/mol. The van der Waals surface area contributed by atoms with Crippen LogP contribution < -0.4 is 5.48 Å². The third-order valence-corrected chi connectivity index (χ3v) is 6.38. The topological polar surface area (TPSA) is 84.7 Å². The van der Waals surface area contributed by atoms with E-state index in [1.54, 1.807) is 18.4 Å². The van der Waals surface area contributed by atoms with Crippen LogP contribution in [-0.2, 0) is 20.2 Å². The van der Waals surface area contributed by atoms with E-state index in [9.17, 15) is 22.2 Å². The van der Waals surface area contributed by atoms with E-state index in [2.05, 4.69) is 10.5 Å². The van der Waals surface area contributed by atoms with Crippen LogP contribution in [0, 0.1) is 0 Å². The largest absolute Gasteiger partial charge is 0.451 e. The maximum absolute atomic E-state index is 12.1. The first-order valence-corrected chi connectivity index (χ1v) is 11.6. The molecule has 4 rings (SSSR count). The van der Waals surface area contributed by atoms with Gasteiger partial charge in [0.05, 0.1) is 4.90 Å². The van der Waals surface area contributed by atoms with Crippen molar-refractivity contribution in [2.75, 3.05) is 6.54 Å². The van der Waals surface area contributed by atoms with Crippen molar-refractivity contribution in [1.82, 2.24) is 15.4 Å². The summed E-state index contributed by atoms with van der Waals surface area (Å²) in [5.74, 6) is 0. The molecule has 1 saturated carbocycles. The lowest BCUT2D eigenvalue weighted by Gasteiger charge is -2.22. The average Bonchev–Trinajstić information content (AvgIpc) is 3.51. The predicted octanol–water partition coefficient (Wildman–Crippen LogP) is 4.39. The van der Waals surface area contributed by atoms with Crippen molar-refractivity contribution < 1.29 is 30.9 Å². The molecule has 0 bridgehead atoms. The van der Waals surface area contributed by atoms with Gasteiger partial charge < -0.3 is 9.32 Å². The quantitative estimate of drug-likeness (QED) is 0.495. The van der Waals surface area contributed by atoms with Crippen LogP contribution in [0.2, 0.25) is 0 Å². The molecule has 176 valence electrons. The van der Waals surface area contributed by atoms with Crippen LogP contribution in [0.25, 0.3) is 11.3 Å². The number of alkyl halides is 3. The van der Waals surface area contributed by atoms with Gasteiger partial charge in [0.2, 0.25) is 17.5 Å². The zero-order valence-corrected chi connectivity index (χ0v) is 18.2. The van der Waals surface area contributed by atoms with Crippen molar-refractivity contribution in [1.29, 1.82) is 0 Å². The number of hydroxylamine groups is 1. The van der Waals surface area contributed by atoms with E-state index in [-0.39, 0.29) is 19.4 Å². The number of nitrogens with one attached hydrogen (secondary N) is 1. The molecule has 1 aromatic carbocycles. The normalized spacial score (nSPS) is 20.5. The molecule has 7 nitrogen and oxygen atoms in total. The van der Waals surface area contributed by atoms with E-state index >= 15 is 0 Å². The van der Waals surface area contributed by atoms with Crippen molar-refractivity contribution in [3.8, 4) is 11.3 Å². The van der Waals surface area contributed by atoms with Crippen LogP contribution in [0.4, 0.5) is 13.2 Å². The fraction of sp³-hybridized carbons (Fsp3) is 0.524. The molecule has 0 spiro atoms. The smallest absolute Gasteiger partial charge is 0.408 e. The third-order valence-electron chi connectivity index (χ3n) is 5.48. The zero-order chi connectivity index (χ0) is 23.0. The molecule has 2 aliphatic rings. The first kappa shape index (κ1) is 24.4. The molecule has 2 heterocycles. The van der Waals surface area contributed by atoms with E-state index < -0.39 is 23.3 Å². The highest BCUT2D eigenvalue weighted by atomic mass is 32.2. The van der Waals surface area contributed by atoms with Crippen molar-refractivity contribution in [2.45, 2.75) is 68.1 Å². The summed E-state index contributed by atoms with van der Waals surface area (Å²) in [5, 5.41) is 0. The van der Waals surface area contributed by atoms with E-state index in [4.69, 9.17) is 8.70 Å². The highest BCUT2D eigenvalue weighted by Gasteiger charge is 2.45. The highest BCUT2D eigenvalue weighted by molar-refractivity contribution is 7.80. The molecule has 2 aromatic rings. The van der Waals surface area contributed by atoms with Gasteiger partial charge in [-0.05, 0) is 37.8 Å². The Morgan fingerprint density at radius 3 is 2.41 bits per heavy atom. The Labute approximate surface area is 186 Å². The number of hydrogen-bond donors (Lipinski definition) is 1. The Hall–Kier alpha value is -2.24. The summed E-state index contributed by atoms with van der Waals surface area (Å²) in [6.07, 6.45) is 5.34. The molecule has 1 N–H and O–H groups in total. The number of likely N-dealkylation sites (tertiary alicyclic amines) is 1. The average molecular weight is 474 g/mol. The fourth-order valence-electron chi connectivity index (χ4n) is 3.74. The second-order valence-corrected chi connectivity index (χ2v) is 8.82. The SMILES string of the molecule is O=CN1CCC[C@@H]1C(F)(F)F.O=S(ONC1CCCCC1)c1ccc(-c2cocn2)cc1. The van der Waals surface area contributed by atoms with Crippen LogP contribution >= 0.6 is 0 Å². The van der Waals surface area contributed by atoms with Gasteiger partial charge >= 0.3 is 6.18 Å². The highest BCUT2D eigenvalue weighted by Crippen LogP contribution is 2.31. The van der Waals surface area contributed by atoms with Gasteiger partial charge in [0, 0.05) is 18.2 Å². The molecular formula is C21H26F3N3O4S. The summed E-state index contributed by atoms with van der Waals surface area (Å²) in [4.78, 5) is 15.6. The lowest BCUT2D eigenvalue weighted by atomic mass is 9.96. The number of hydrogen-bond acceptors (Lipinski definition) is 6. The van der Waals surface area contributed by atoms with Gasteiger partial charge in [-0.25, -0.2) is 9.19 Å². The molecule has 2 atom stereocenters. The molecule has 1 aromatic heterocycles. The molecule has 0 radical (unpaired) electrons. The number of carbonyl (C=O) groups is 1. The summed E-state index contributed by atoms with van der Waals surface area (Å²) in [6.45, 7) is 0.230. The molecule has 2 fully saturated rings. The Balaban J connectivity index is 0.000000222. The number of amides is 1. The number of benzene rings is 1. The van der Waals surface area contributed by atoms with Crippen molar-refractivity contribution in [3.05, 3.63) is 36.9 Å². The minimum absolute atomic E-state index is 0.0439. The van der Waals surface area contributed by atoms with E-state index in [0.717, 1.165) is 29.0 Å². The number of carbonyl (C=O) groups excluding carboxylic acids is 1. The molecule has 1 aliphatic carbocycles. The van der Waals surface area contributed by atoms with Gasteiger partial charge in [0.15, 0.2) is 6.39 Å². The lowest BCUT2D eigenvalue weighted by molar-refractivity contribution is -0.177. The second kappa shape index (κ2) is 11.6. The summed E-state index contributed by atoms with van der Waals surface area (Å²) in [7, 11) is 0. The summed E-state index contributed by atoms with van der Waals surface area (Å²) in [5.41, 5.74) is 4.61. The van der Waals surface area contributed by atoms with Crippen molar-refractivity contribution in [2.24, 2.45) is 0 Å². The van der Waals surface area contributed by atoms with Gasteiger partial charge in [-0.2, -0.15) is 22.9 Å². The maximum Gasteiger partial charge on any atom is 0.408 e. The monoisotopic (exact) mass is 473 g/mol. The van der Waals surface area contributed by atoms with Gasteiger partial charge in [-0.1, -0.05) is 31.4 Å². The summed E-state index contributed by atoms with van der Waals surface area (Å²) < 4.78 is 58.3. The standard InChI is InChI=1S/C15H18N2O3S.C6H8F3NO/c18-21(20-17-13-4-2-1-3-5-13)14-8-6-12(7-9-14)15-10-19-11-16-15;7-6(8,9)5-2-1-3-10(5)4-11/h6-11,13,17H,1-5H2;4-5H,1-3H2/t;5-/m.1/s1. The Morgan fingerprint density at radius 1 is 1.12 bits per heavy atom. The fourth-order valence-corrected chi connectivity index (χ4v) is 4.42. The second-order valence-electron chi connectivity index (χ2n) is 7.71. The number of aromatic nitrogens is 1. The van der Waals surface area contributed by atoms with Crippen molar-refractivity contribution in [3.63, 3.8) is 0 Å². The van der Waals surface area contributed by atoms with Crippen LogP contribution in [0.5, 0.6) is 0 Å². The van der Waals surface area contributed by atoms with Gasteiger partial charge in [0.25, 0.3) is 0 Å². The van der Waals surface area contributed by atoms with Gasteiger partial charge in [0.1, 0.15) is 18.0 Å². The van der Waals surface area contributed by atoms with Crippen LogP contribution in [0.1, 0.15) is 44.9 Å². The molecule has 11 heteroatoms. The number of oxazole rings is 1. The summed E-state index contributed by atoms with van der Waals surface area (Å²) in [6, 6.07) is 6.05. The van der Waals surface area contributed by atoms with Gasteiger partial charge in [-0.15, -0.1) is 0 Å². The Morgan fingerprint density at radius 2 is 1.84 bits per heavy atom. The maximum atomic E-state index is 12.1. The molecule has 1 amide bonds. The van der Waals surface area contributed by atoms with Crippen molar-refractivity contribution >= 4 is 17.5 Å². The van der Waals surface area contributed by atoms with E-state index in [1.165, 1.54) is 25.7 Å². The van der Waals surface area contributed by atoms with Crippen LogP contribution in [0.3, 0.4) is 0 Å². The Kier molecular flexibility index (Phi) is 8.83. The van der Waals surface area contributed by atoms with Gasteiger partial charge in [-0.3, -0.25) is 4.79 Å². The molecule has 32 heavy (non-hydrogen) atoms. The Bertz CT molecular complexity index is 856.